The Morgan fingerprint density at radius 1 is 1.50 bits per heavy atom. The topological polar surface area (TPSA) is 105 Å². The summed E-state index contributed by atoms with van der Waals surface area (Å²) < 4.78 is 4.38. The molecular formula is C11H9N3O4. The molecule has 0 atom stereocenters. The lowest BCUT2D eigenvalue weighted by Gasteiger charge is -2.01. The lowest BCUT2D eigenvalue weighted by Crippen LogP contribution is -2.05. The minimum absolute atomic E-state index is 0.0435. The second-order valence-corrected chi connectivity index (χ2v) is 3.11. The van der Waals surface area contributed by atoms with E-state index in [1.807, 2.05) is 0 Å². The molecule has 92 valence electrons. The fourth-order valence-electron chi connectivity index (χ4n) is 1.08. The highest BCUT2D eigenvalue weighted by Gasteiger charge is 2.08. The number of nitriles is 1. The number of ether oxygens (including phenoxy) is 1. The molecule has 7 heteroatoms. The van der Waals surface area contributed by atoms with E-state index in [0.717, 1.165) is 0 Å². The maximum Gasteiger partial charge on any atom is 0.350 e. The van der Waals surface area contributed by atoms with E-state index in [-0.39, 0.29) is 11.3 Å². The van der Waals surface area contributed by atoms with Crippen molar-refractivity contribution in [2.24, 2.45) is 0 Å². The number of hydrogen-bond acceptors (Lipinski definition) is 6. The van der Waals surface area contributed by atoms with Crippen LogP contribution < -0.4 is 5.32 Å². The number of hydrogen-bond donors (Lipinski definition) is 1. The molecule has 0 fully saturated rings. The zero-order valence-electron chi connectivity index (χ0n) is 9.41. The van der Waals surface area contributed by atoms with Gasteiger partial charge in [0, 0.05) is 24.0 Å². The van der Waals surface area contributed by atoms with Gasteiger partial charge in [0.25, 0.3) is 5.69 Å². The standard InChI is InChI=1S/C11H9N3O4/c1-18-11(15)8(6-12)7-13-9-2-4-10(5-3-9)14(16)17/h2-5,7,13H,1H3/b8-7+. The molecular weight excluding hydrogens is 238 g/mol. The summed E-state index contributed by atoms with van der Waals surface area (Å²) in [6.07, 6.45) is 1.17. The molecule has 0 spiro atoms. The molecule has 0 saturated carbocycles. The van der Waals surface area contributed by atoms with Crippen molar-refractivity contribution in [1.29, 1.82) is 5.26 Å². The summed E-state index contributed by atoms with van der Waals surface area (Å²) in [6.45, 7) is 0. The van der Waals surface area contributed by atoms with Crippen LogP contribution in [-0.2, 0) is 9.53 Å². The van der Waals surface area contributed by atoms with Gasteiger partial charge in [0.1, 0.15) is 6.07 Å². The average molecular weight is 247 g/mol. The fourth-order valence-corrected chi connectivity index (χ4v) is 1.08. The number of carbonyl (C=O) groups is 1. The Morgan fingerprint density at radius 2 is 2.11 bits per heavy atom. The summed E-state index contributed by atoms with van der Waals surface area (Å²) in [7, 11) is 1.17. The predicted octanol–water partition coefficient (Wildman–Crippen LogP) is 1.59. The Labute approximate surface area is 102 Å². The Kier molecular flexibility index (Phi) is 4.40. The van der Waals surface area contributed by atoms with Gasteiger partial charge in [-0.3, -0.25) is 10.1 Å². The third-order valence-corrected chi connectivity index (χ3v) is 1.99. The van der Waals surface area contributed by atoms with Crippen molar-refractivity contribution >= 4 is 17.3 Å². The lowest BCUT2D eigenvalue weighted by atomic mass is 10.2. The number of nitro benzene ring substituents is 1. The van der Waals surface area contributed by atoms with Gasteiger partial charge in [0.05, 0.1) is 12.0 Å². The average Bonchev–Trinajstić information content (AvgIpc) is 2.39. The summed E-state index contributed by atoms with van der Waals surface area (Å²) in [6, 6.07) is 7.20. The van der Waals surface area contributed by atoms with E-state index < -0.39 is 10.9 Å². The zero-order chi connectivity index (χ0) is 13.5. The van der Waals surface area contributed by atoms with Crippen LogP contribution in [0.1, 0.15) is 0 Å². The van der Waals surface area contributed by atoms with Gasteiger partial charge in [0.15, 0.2) is 5.57 Å². The molecule has 0 saturated heterocycles. The number of carbonyl (C=O) groups excluding carboxylic acids is 1. The van der Waals surface area contributed by atoms with Crippen LogP contribution in [0.15, 0.2) is 36.0 Å². The first-order chi connectivity index (χ1) is 8.58. The van der Waals surface area contributed by atoms with Gasteiger partial charge in [-0.05, 0) is 12.1 Å². The van der Waals surface area contributed by atoms with Crippen molar-refractivity contribution in [2.75, 3.05) is 12.4 Å². The Morgan fingerprint density at radius 3 is 2.56 bits per heavy atom. The van der Waals surface area contributed by atoms with Crippen LogP contribution in [0.3, 0.4) is 0 Å². The van der Waals surface area contributed by atoms with Crippen LogP contribution in [0.2, 0.25) is 0 Å². The highest BCUT2D eigenvalue weighted by molar-refractivity contribution is 5.93. The summed E-state index contributed by atoms with van der Waals surface area (Å²) in [5, 5.41) is 21.8. The number of benzene rings is 1. The number of nitrogens with one attached hydrogen (secondary N) is 1. The molecule has 0 radical (unpaired) electrons. The minimum atomic E-state index is -0.757. The van der Waals surface area contributed by atoms with Crippen molar-refractivity contribution in [3.8, 4) is 6.07 Å². The molecule has 7 nitrogen and oxygen atoms in total. The molecule has 18 heavy (non-hydrogen) atoms. The molecule has 1 aromatic rings. The number of esters is 1. The van der Waals surface area contributed by atoms with Gasteiger partial charge in [-0.2, -0.15) is 5.26 Å². The van der Waals surface area contributed by atoms with E-state index >= 15 is 0 Å². The van der Waals surface area contributed by atoms with Gasteiger partial charge in [-0.15, -0.1) is 0 Å². The van der Waals surface area contributed by atoms with Crippen LogP contribution >= 0.6 is 0 Å². The zero-order valence-corrected chi connectivity index (χ0v) is 9.41. The third kappa shape index (κ3) is 3.31. The first kappa shape index (κ1) is 13.2. The van der Waals surface area contributed by atoms with Gasteiger partial charge < -0.3 is 10.1 Å². The molecule has 1 aromatic carbocycles. The van der Waals surface area contributed by atoms with E-state index in [0.29, 0.717) is 5.69 Å². The molecule has 0 bridgehead atoms. The molecule has 0 unspecified atom stereocenters. The molecule has 0 aliphatic rings. The summed E-state index contributed by atoms with van der Waals surface area (Å²) >= 11 is 0. The summed E-state index contributed by atoms with van der Waals surface area (Å²) in [5.41, 5.74) is 0.270. The maximum absolute atomic E-state index is 11.1. The number of non-ortho nitro benzene ring substituents is 1. The Hall–Kier alpha value is -2.88. The van der Waals surface area contributed by atoms with Crippen LogP contribution in [0, 0.1) is 21.4 Å². The van der Waals surface area contributed by atoms with Crippen molar-refractivity contribution in [3.05, 3.63) is 46.2 Å². The molecule has 1 N–H and O–H groups in total. The van der Waals surface area contributed by atoms with Gasteiger partial charge in [-0.25, -0.2) is 4.79 Å². The number of anilines is 1. The number of rotatable bonds is 4. The second kappa shape index (κ2) is 6.00. The van der Waals surface area contributed by atoms with E-state index in [1.54, 1.807) is 6.07 Å². The van der Waals surface area contributed by atoms with Crippen LogP contribution in [0.25, 0.3) is 0 Å². The highest BCUT2D eigenvalue weighted by Crippen LogP contribution is 2.15. The van der Waals surface area contributed by atoms with E-state index in [4.69, 9.17) is 5.26 Å². The van der Waals surface area contributed by atoms with Crippen LogP contribution in [0.5, 0.6) is 0 Å². The van der Waals surface area contributed by atoms with Gasteiger partial charge >= 0.3 is 5.97 Å². The van der Waals surface area contributed by atoms with Gasteiger partial charge in [-0.1, -0.05) is 0 Å². The van der Waals surface area contributed by atoms with Crippen LogP contribution in [0.4, 0.5) is 11.4 Å². The number of nitro groups is 1. The highest BCUT2D eigenvalue weighted by atomic mass is 16.6. The van der Waals surface area contributed by atoms with Crippen LogP contribution in [-0.4, -0.2) is 18.0 Å². The normalized spacial score (nSPS) is 10.3. The first-order valence-electron chi connectivity index (χ1n) is 4.78. The smallest absolute Gasteiger partial charge is 0.350 e. The Bertz CT molecular complexity index is 528. The number of nitrogens with zero attached hydrogens (tertiary/aromatic N) is 2. The minimum Gasteiger partial charge on any atom is -0.465 e. The maximum atomic E-state index is 11.1. The number of methoxy groups -OCH3 is 1. The Balaban J connectivity index is 2.80. The quantitative estimate of drug-likeness (QED) is 0.285. The molecule has 0 amide bonds. The molecule has 0 heterocycles. The summed E-state index contributed by atoms with van der Waals surface area (Å²) in [4.78, 5) is 21.0. The molecule has 0 aromatic heterocycles. The second-order valence-electron chi connectivity index (χ2n) is 3.11. The van der Waals surface area contributed by atoms with Crippen molar-refractivity contribution in [3.63, 3.8) is 0 Å². The SMILES string of the molecule is COC(=O)/C(C#N)=C/Nc1ccc([N+](=O)[O-])cc1. The van der Waals surface area contributed by atoms with Gasteiger partial charge in [0.2, 0.25) is 0 Å². The van der Waals surface area contributed by atoms with E-state index in [1.165, 1.54) is 37.6 Å². The van der Waals surface area contributed by atoms with Crippen molar-refractivity contribution < 1.29 is 14.5 Å². The molecule has 0 aliphatic carbocycles. The van der Waals surface area contributed by atoms with Crippen molar-refractivity contribution in [2.45, 2.75) is 0 Å². The third-order valence-electron chi connectivity index (χ3n) is 1.99. The molecule has 0 aliphatic heterocycles. The summed E-state index contributed by atoms with van der Waals surface area (Å²) in [5.74, 6) is -0.757. The fraction of sp³-hybridized carbons (Fsp3) is 0.0909. The van der Waals surface area contributed by atoms with E-state index in [9.17, 15) is 14.9 Å². The lowest BCUT2D eigenvalue weighted by molar-refractivity contribution is -0.384. The predicted molar refractivity (Wildman–Crippen MR) is 62.4 cm³/mol. The molecule has 1 rings (SSSR count). The first-order valence-corrected chi connectivity index (χ1v) is 4.78. The monoisotopic (exact) mass is 247 g/mol. The largest absolute Gasteiger partial charge is 0.465 e. The van der Waals surface area contributed by atoms with Crippen molar-refractivity contribution in [1.82, 2.24) is 0 Å². The van der Waals surface area contributed by atoms with E-state index in [2.05, 4.69) is 10.1 Å².